The maximum atomic E-state index is 6.21. The van der Waals surface area contributed by atoms with Crippen molar-refractivity contribution >= 4 is 44.8 Å². The van der Waals surface area contributed by atoms with E-state index in [1.54, 1.807) is 19.2 Å². The van der Waals surface area contributed by atoms with Crippen LogP contribution in [0.4, 0.5) is 5.69 Å². The number of anilines is 1. The largest absolute Gasteiger partial charge is 0.493 e. The van der Waals surface area contributed by atoms with E-state index in [0.717, 1.165) is 21.3 Å². The fourth-order valence-electron chi connectivity index (χ4n) is 2.53. The van der Waals surface area contributed by atoms with Crippen LogP contribution in [-0.2, 0) is 13.2 Å². The molecular weight excluding hydrogens is 449 g/mol. The molecule has 27 heavy (non-hydrogen) atoms. The lowest BCUT2D eigenvalue weighted by Gasteiger charge is -2.15. The van der Waals surface area contributed by atoms with Crippen molar-refractivity contribution < 1.29 is 9.47 Å². The van der Waals surface area contributed by atoms with Crippen LogP contribution in [0.1, 0.15) is 11.1 Å². The van der Waals surface area contributed by atoms with E-state index < -0.39 is 0 Å². The van der Waals surface area contributed by atoms with Gasteiger partial charge in [0.15, 0.2) is 11.5 Å². The molecule has 3 nitrogen and oxygen atoms in total. The van der Waals surface area contributed by atoms with Crippen molar-refractivity contribution in [3.05, 3.63) is 86.3 Å². The number of para-hydroxylation sites is 1. The molecule has 0 spiro atoms. The molecule has 0 aliphatic heterocycles. The molecule has 0 fully saturated rings. The van der Waals surface area contributed by atoms with Gasteiger partial charge in [-0.3, -0.25) is 0 Å². The Balaban J connectivity index is 1.73. The zero-order valence-electron chi connectivity index (χ0n) is 14.6. The van der Waals surface area contributed by atoms with Gasteiger partial charge in [0.2, 0.25) is 0 Å². The molecule has 0 unspecified atom stereocenters. The minimum absolute atomic E-state index is 0.320. The summed E-state index contributed by atoms with van der Waals surface area (Å²) >= 11 is 15.8. The Morgan fingerprint density at radius 3 is 2.41 bits per heavy atom. The van der Waals surface area contributed by atoms with Gasteiger partial charge in [-0.1, -0.05) is 63.4 Å². The monoisotopic (exact) mass is 465 g/mol. The first-order valence-electron chi connectivity index (χ1n) is 8.29. The van der Waals surface area contributed by atoms with Crippen molar-refractivity contribution in [2.24, 2.45) is 0 Å². The van der Waals surface area contributed by atoms with E-state index in [0.29, 0.717) is 34.7 Å². The molecule has 0 saturated heterocycles. The first-order valence-corrected chi connectivity index (χ1v) is 9.84. The summed E-state index contributed by atoms with van der Waals surface area (Å²) in [5.41, 5.74) is 2.97. The van der Waals surface area contributed by atoms with Gasteiger partial charge >= 0.3 is 0 Å². The van der Waals surface area contributed by atoms with Gasteiger partial charge in [-0.2, -0.15) is 0 Å². The fourth-order valence-corrected chi connectivity index (χ4v) is 3.46. The molecule has 1 N–H and O–H groups in total. The smallest absolute Gasteiger partial charge is 0.162 e. The van der Waals surface area contributed by atoms with Crippen LogP contribution < -0.4 is 14.8 Å². The highest BCUT2D eigenvalue weighted by Crippen LogP contribution is 2.35. The standard InChI is InChI=1S/C21H18BrCl2NO2/c1-26-20-9-15(12-25-17-5-3-2-4-6-17)18(22)11-21(20)27-13-14-7-8-16(23)10-19(14)24/h2-11,25H,12-13H2,1H3. The molecule has 0 aliphatic rings. The van der Waals surface area contributed by atoms with Crippen molar-refractivity contribution in [1.29, 1.82) is 0 Å². The van der Waals surface area contributed by atoms with Crippen molar-refractivity contribution in [1.82, 2.24) is 0 Å². The molecule has 6 heteroatoms. The van der Waals surface area contributed by atoms with Gasteiger partial charge < -0.3 is 14.8 Å². The average Bonchev–Trinajstić information content (AvgIpc) is 2.67. The van der Waals surface area contributed by atoms with Crippen molar-refractivity contribution in [2.75, 3.05) is 12.4 Å². The van der Waals surface area contributed by atoms with Gasteiger partial charge in [0, 0.05) is 32.3 Å². The summed E-state index contributed by atoms with van der Waals surface area (Å²) in [6, 6.07) is 19.2. The second-order valence-corrected chi connectivity index (χ2v) is 7.54. The van der Waals surface area contributed by atoms with Crippen molar-refractivity contribution in [3.63, 3.8) is 0 Å². The van der Waals surface area contributed by atoms with Crippen LogP contribution in [0.25, 0.3) is 0 Å². The average molecular weight is 467 g/mol. The predicted octanol–water partition coefficient (Wildman–Crippen LogP) is 6.96. The molecule has 0 saturated carbocycles. The second-order valence-electron chi connectivity index (χ2n) is 5.84. The van der Waals surface area contributed by atoms with E-state index >= 15 is 0 Å². The Bertz CT molecular complexity index is 920. The summed E-state index contributed by atoms with van der Waals surface area (Å²) in [5, 5.41) is 4.56. The highest BCUT2D eigenvalue weighted by Gasteiger charge is 2.12. The normalized spacial score (nSPS) is 10.5. The minimum Gasteiger partial charge on any atom is -0.493 e. The minimum atomic E-state index is 0.320. The number of rotatable bonds is 7. The Morgan fingerprint density at radius 2 is 1.70 bits per heavy atom. The van der Waals surface area contributed by atoms with E-state index in [4.69, 9.17) is 32.7 Å². The number of methoxy groups -OCH3 is 1. The Kier molecular flexibility index (Phi) is 6.89. The van der Waals surface area contributed by atoms with E-state index in [1.807, 2.05) is 48.5 Å². The number of halogens is 3. The molecule has 0 aliphatic carbocycles. The lowest BCUT2D eigenvalue weighted by molar-refractivity contribution is 0.284. The SMILES string of the molecule is COc1cc(CNc2ccccc2)c(Br)cc1OCc1ccc(Cl)cc1Cl. The number of hydrogen-bond acceptors (Lipinski definition) is 3. The molecular formula is C21H18BrCl2NO2. The summed E-state index contributed by atoms with van der Waals surface area (Å²) < 4.78 is 12.4. The number of benzene rings is 3. The third kappa shape index (κ3) is 5.32. The number of ether oxygens (including phenoxy) is 2. The fraction of sp³-hybridized carbons (Fsp3) is 0.143. The van der Waals surface area contributed by atoms with E-state index in [2.05, 4.69) is 21.2 Å². The Labute approximate surface area is 177 Å². The van der Waals surface area contributed by atoms with Crippen LogP contribution in [0.15, 0.2) is 65.1 Å². The summed E-state index contributed by atoms with van der Waals surface area (Å²) in [6.07, 6.45) is 0. The quantitative estimate of drug-likeness (QED) is 0.408. The first-order chi connectivity index (χ1) is 13.1. The highest BCUT2D eigenvalue weighted by atomic mass is 79.9. The molecule has 0 bridgehead atoms. The molecule has 0 amide bonds. The number of hydrogen-bond donors (Lipinski definition) is 1. The number of nitrogens with one attached hydrogen (secondary N) is 1. The maximum Gasteiger partial charge on any atom is 0.162 e. The second kappa shape index (κ2) is 9.36. The molecule has 3 rings (SSSR count). The molecule has 0 heterocycles. The van der Waals surface area contributed by atoms with Gasteiger partial charge in [0.1, 0.15) is 6.61 Å². The topological polar surface area (TPSA) is 30.5 Å². The van der Waals surface area contributed by atoms with E-state index in [9.17, 15) is 0 Å². The lowest BCUT2D eigenvalue weighted by atomic mass is 10.2. The van der Waals surface area contributed by atoms with Gasteiger partial charge in [0.25, 0.3) is 0 Å². The van der Waals surface area contributed by atoms with Crippen LogP contribution in [0.3, 0.4) is 0 Å². The van der Waals surface area contributed by atoms with Crippen LogP contribution in [-0.4, -0.2) is 7.11 Å². The zero-order valence-corrected chi connectivity index (χ0v) is 17.7. The van der Waals surface area contributed by atoms with Gasteiger partial charge in [-0.25, -0.2) is 0 Å². The summed E-state index contributed by atoms with van der Waals surface area (Å²) in [5.74, 6) is 1.30. The van der Waals surface area contributed by atoms with Crippen LogP contribution in [0.2, 0.25) is 10.0 Å². The molecule has 140 valence electrons. The van der Waals surface area contributed by atoms with E-state index in [-0.39, 0.29) is 0 Å². The molecule has 0 atom stereocenters. The van der Waals surface area contributed by atoms with Crippen LogP contribution in [0, 0.1) is 0 Å². The first kappa shape index (κ1) is 19.9. The van der Waals surface area contributed by atoms with Crippen LogP contribution >= 0.6 is 39.1 Å². The maximum absolute atomic E-state index is 6.21. The van der Waals surface area contributed by atoms with Gasteiger partial charge in [-0.15, -0.1) is 0 Å². The molecule has 0 radical (unpaired) electrons. The van der Waals surface area contributed by atoms with Gasteiger partial charge in [-0.05, 0) is 42.0 Å². The van der Waals surface area contributed by atoms with Crippen molar-refractivity contribution in [3.8, 4) is 11.5 Å². The summed E-state index contributed by atoms with van der Waals surface area (Å²) in [6.45, 7) is 0.977. The van der Waals surface area contributed by atoms with Crippen LogP contribution in [0.5, 0.6) is 11.5 Å². The van der Waals surface area contributed by atoms with E-state index in [1.165, 1.54) is 0 Å². The third-order valence-electron chi connectivity index (χ3n) is 3.99. The highest BCUT2D eigenvalue weighted by molar-refractivity contribution is 9.10. The predicted molar refractivity (Wildman–Crippen MR) is 115 cm³/mol. The molecule has 3 aromatic rings. The summed E-state index contributed by atoms with van der Waals surface area (Å²) in [4.78, 5) is 0. The van der Waals surface area contributed by atoms with Gasteiger partial charge in [0.05, 0.1) is 7.11 Å². The third-order valence-corrected chi connectivity index (χ3v) is 5.31. The summed E-state index contributed by atoms with van der Waals surface area (Å²) in [7, 11) is 1.62. The molecule has 3 aromatic carbocycles. The molecule has 0 aromatic heterocycles. The Hall–Kier alpha value is -1.88. The zero-order chi connectivity index (χ0) is 19.2. The Morgan fingerprint density at radius 1 is 0.926 bits per heavy atom. The van der Waals surface area contributed by atoms with Crippen molar-refractivity contribution in [2.45, 2.75) is 13.2 Å². The lowest BCUT2D eigenvalue weighted by Crippen LogP contribution is -2.03.